The number of imidazole rings is 1. The Bertz CT molecular complexity index is 786. The number of aromatic amines is 1. The van der Waals surface area contributed by atoms with Crippen LogP contribution in [-0.4, -0.2) is 45.3 Å². The Kier molecular flexibility index (Phi) is 3.32. The molecule has 0 amide bonds. The van der Waals surface area contributed by atoms with Gasteiger partial charge in [-0.2, -0.15) is 4.98 Å². The first-order chi connectivity index (χ1) is 10.0. The summed E-state index contributed by atoms with van der Waals surface area (Å²) in [4.78, 5) is 33.8. The number of anilines is 1. The van der Waals surface area contributed by atoms with Crippen molar-refractivity contribution < 1.29 is 0 Å². The molecule has 0 bridgehead atoms. The molecule has 3 heterocycles. The first-order valence-electron chi connectivity index (χ1n) is 7.11. The molecule has 1 fully saturated rings. The zero-order chi connectivity index (χ0) is 15.1. The Hall–Kier alpha value is -2.09. The van der Waals surface area contributed by atoms with E-state index >= 15 is 0 Å². The third-order valence-corrected chi connectivity index (χ3v) is 4.21. The monoisotopic (exact) mass is 292 g/mol. The van der Waals surface area contributed by atoms with Crippen molar-refractivity contribution in [2.75, 3.05) is 25.0 Å². The average Bonchev–Trinajstić information content (AvgIpc) is 2.96. The average molecular weight is 292 g/mol. The Labute approximate surface area is 121 Å². The van der Waals surface area contributed by atoms with Gasteiger partial charge in [-0.1, -0.05) is 0 Å². The summed E-state index contributed by atoms with van der Waals surface area (Å²) in [6.07, 6.45) is 2.20. The molecule has 8 nitrogen and oxygen atoms in total. The molecule has 21 heavy (non-hydrogen) atoms. The van der Waals surface area contributed by atoms with Crippen LogP contribution in [0.1, 0.15) is 12.8 Å². The number of rotatable bonds is 2. The minimum atomic E-state index is -0.364. The molecule has 114 valence electrons. The van der Waals surface area contributed by atoms with E-state index in [9.17, 15) is 9.59 Å². The van der Waals surface area contributed by atoms with Crippen molar-refractivity contribution in [2.24, 2.45) is 14.1 Å². The molecule has 2 aromatic heterocycles. The Balaban J connectivity index is 2.10. The van der Waals surface area contributed by atoms with Crippen LogP contribution in [0.5, 0.6) is 0 Å². The van der Waals surface area contributed by atoms with Crippen LogP contribution in [0, 0.1) is 0 Å². The number of fused-ring (bicyclic) bond motifs is 1. The van der Waals surface area contributed by atoms with Gasteiger partial charge in [-0.05, 0) is 19.9 Å². The molecule has 0 saturated carbocycles. The maximum absolute atomic E-state index is 12.2. The molecule has 8 heteroatoms. The summed E-state index contributed by atoms with van der Waals surface area (Å²) in [6, 6.07) is 0.415. The Morgan fingerprint density at radius 2 is 2.05 bits per heavy atom. The summed E-state index contributed by atoms with van der Waals surface area (Å²) in [6.45, 7) is 1.73. The number of likely N-dealkylation sites (N-methyl/N-ethyl adjacent to an activating group) is 1. The van der Waals surface area contributed by atoms with E-state index in [1.165, 1.54) is 11.6 Å². The van der Waals surface area contributed by atoms with E-state index < -0.39 is 0 Å². The minimum absolute atomic E-state index is 0.339. The summed E-state index contributed by atoms with van der Waals surface area (Å²) in [5.41, 5.74) is 0.0807. The first kappa shape index (κ1) is 13.9. The fraction of sp³-hybridized carbons (Fsp3) is 0.615. The first-order valence-corrected chi connectivity index (χ1v) is 7.11. The molecule has 1 aliphatic heterocycles. The largest absolute Gasteiger partial charge is 0.341 e. The second-order valence-electron chi connectivity index (χ2n) is 5.54. The summed E-state index contributed by atoms with van der Waals surface area (Å²) in [5, 5.41) is 3.27. The highest BCUT2D eigenvalue weighted by Crippen LogP contribution is 2.18. The number of hydrogen-bond acceptors (Lipinski definition) is 5. The van der Waals surface area contributed by atoms with E-state index in [-0.39, 0.29) is 11.2 Å². The highest BCUT2D eigenvalue weighted by atomic mass is 16.2. The summed E-state index contributed by atoms with van der Waals surface area (Å²) in [5.74, 6) is 0.656. The van der Waals surface area contributed by atoms with Gasteiger partial charge in [0, 0.05) is 33.2 Å². The van der Waals surface area contributed by atoms with Gasteiger partial charge in [-0.25, -0.2) is 4.79 Å². The van der Waals surface area contributed by atoms with Gasteiger partial charge in [0.2, 0.25) is 5.95 Å². The summed E-state index contributed by atoms with van der Waals surface area (Å²) in [7, 11) is 5.05. The maximum Gasteiger partial charge on any atom is 0.332 e. The Morgan fingerprint density at radius 1 is 1.29 bits per heavy atom. The standard InChI is InChI=1S/C13H20N6O2/c1-14-8-5-4-6-19(7-8)12-15-9-10(16-12)17(2)13(21)18(3)11(9)20/h8,14H,4-7H2,1-3H3,(H,15,16). The molecule has 3 rings (SSSR count). The lowest BCUT2D eigenvalue weighted by Crippen LogP contribution is -2.44. The molecule has 2 N–H and O–H groups in total. The molecule has 1 unspecified atom stereocenters. The molecule has 0 aliphatic carbocycles. The summed E-state index contributed by atoms with van der Waals surface area (Å²) >= 11 is 0. The van der Waals surface area contributed by atoms with Crippen LogP contribution in [0.3, 0.4) is 0 Å². The van der Waals surface area contributed by atoms with Crippen molar-refractivity contribution in [3.05, 3.63) is 20.8 Å². The van der Waals surface area contributed by atoms with Gasteiger partial charge >= 0.3 is 5.69 Å². The third-order valence-electron chi connectivity index (χ3n) is 4.21. The lowest BCUT2D eigenvalue weighted by atomic mass is 10.1. The topological polar surface area (TPSA) is 88.0 Å². The fourth-order valence-corrected chi connectivity index (χ4v) is 2.87. The molecule has 0 spiro atoms. The number of aromatic nitrogens is 4. The number of hydrogen-bond donors (Lipinski definition) is 2. The van der Waals surface area contributed by atoms with E-state index in [4.69, 9.17) is 0 Å². The van der Waals surface area contributed by atoms with E-state index in [1.54, 1.807) is 7.05 Å². The van der Waals surface area contributed by atoms with Crippen molar-refractivity contribution in [1.29, 1.82) is 0 Å². The van der Waals surface area contributed by atoms with Crippen LogP contribution in [0.25, 0.3) is 11.2 Å². The van der Waals surface area contributed by atoms with Gasteiger partial charge in [-0.3, -0.25) is 13.9 Å². The van der Waals surface area contributed by atoms with Crippen molar-refractivity contribution in [1.82, 2.24) is 24.4 Å². The van der Waals surface area contributed by atoms with Crippen LogP contribution in [0.15, 0.2) is 9.59 Å². The second-order valence-corrected chi connectivity index (χ2v) is 5.54. The van der Waals surface area contributed by atoms with Crippen molar-refractivity contribution in [3.8, 4) is 0 Å². The normalized spacial score (nSPS) is 19.4. The van der Waals surface area contributed by atoms with Crippen LogP contribution in [0.4, 0.5) is 5.95 Å². The van der Waals surface area contributed by atoms with E-state index in [0.717, 1.165) is 30.5 Å². The SMILES string of the molecule is CNC1CCCN(c2nc3c([nH]2)c(=O)n(C)c(=O)n3C)C1. The van der Waals surface area contributed by atoms with Crippen LogP contribution < -0.4 is 21.5 Å². The minimum Gasteiger partial charge on any atom is -0.341 e. The van der Waals surface area contributed by atoms with Gasteiger partial charge < -0.3 is 15.2 Å². The lowest BCUT2D eigenvalue weighted by molar-refractivity contribution is 0.446. The predicted octanol–water partition coefficient (Wildman–Crippen LogP) is -0.851. The van der Waals surface area contributed by atoms with Crippen LogP contribution in [0.2, 0.25) is 0 Å². The molecule has 0 radical (unpaired) electrons. The lowest BCUT2D eigenvalue weighted by Gasteiger charge is -2.32. The molecular weight excluding hydrogens is 272 g/mol. The van der Waals surface area contributed by atoms with E-state index in [1.807, 2.05) is 7.05 Å². The number of nitrogens with zero attached hydrogens (tertiary/aromatic N) is 4. The number of aryl methyl sites for hydroxylation is 1. The Morgan fingerprint density at radius 3 is 2.76 bits per heavy atom. The van der Waals surface area contributed by atoms with Gasteiger partial charge in [0.1, 0.15) is 0 Å². The predicted molar refractivity (Wildman–Crippen MR) is 80.9 cm³/mol. The maximum atomic E-state index is 12.2. The van der Waals surface area contributed by atoms with Gasteiger partial charge in [0.15, 0.2) is 11.2 Å². The summed E-state index contributed by atoms with van der Waals surface area (Å²) < 4.78 is 2.49. The number of nitrogens with one attached hydrogen (secondary N) is 2. The molecule has 2 aromatic rings. The third kappa shape index (κ3) is 2.15. The van der Waals surface area contributed by atoms with Gasteiger partial charge in [0.05, 0.1) is 0 Å². The van der Waals surface area contributed by atoms with Crippen molar-refractivity contribution in [3.63, 3.8) is 0 Å². The van der Waals surface area contributed by atoms with Crippen molar-refractivity contribution >= 4 is 17.1 Å². The molecular formula is C13H20N6O2. The second kappa shape index (κ2) is 5.03. The molecule has 1 saturated heterocycles. The van der Waals surface area contributed by atoms with E-state index in [2.05, 4.69) is 20.2 Å². The molecule has 1 atom stereocenters. The van der Waals surface area contributed by atoms with Gasteiger partial charge in [-0.15, -0.1) is 0 Å². The molecule has 0 aromatic carbocycles. The number of H-pyrrole nitrogens is 1. The molecule has 1 aliphatic rings. The smallest absolute Gasteiger partial charge is 0.332 e. The van der Waals surface area contributed by atoms with E-state index in [0.29, 0.717) is 23.2 Å². The zero-order valence-corrected chi connectivity index (χ0v) is 12.5. The fourth-order valence-electron chi connectivity index (χ4n) is 2.87. The van der Waals surface area contributed by atoms with Crippen LogP contribution >= 0.6 is 0 Å². The quantitative estimate of drug-likeness (QED) is 0.753. The number of piperidine rings is 1. The van der Waals surface area contributed by atoms with Crippen molar-refractivity contribution in [2.45, 2.75) is 18.9 Å². The highest BCUT2D eigenvalue weighted by Gasteiger charge is 2.22. The highest BCUT2D eigenvalue weighted by molar-refractivity contribution is 5.73. The van der Waals surface area contributed by atoms with Gasteiger partial charge in [0.25, 0.3) is 5.56 Å². The zero-order valence-electron chi connectivity index (χ0n) is 12.5. The van der Waals surface area contributed by atoms with Crippen LogP contribution in [-0.2, 0) is 14.1 Å².